The molecule has 0 heterocycles. The summed E-state index contributed by atoms with van der Waals surface area (Å²) < 4.78 is 5.91. The third-order valence-electron chi connectivity index (χ3n) is 4.07. The minimum atomic E-state index is -0.343. The van der Waals surface area contributed by atoms with Crippen molar-refractivity contribution in [3.05, 3.63) is 33.9 Å². The lowest BCUT2D eigenvalue weighted by atomic mass is 9.89. The van der Waals surface area contributed by atoms with Crippen molar-refractivity contribution < 1.29 is 9.66 Å². The minimum Gasteiger partial charge on any atom is -0.380 e. The van der Waals surface area contributed by atoms with Crippen molar-refractivity contribution in [2.75, 3.05) is 11.9 Å². The molecule has 116 valence electrons. The minimum absolute atomic E-state index is 0.121. The zero-order valence-electron chi connectivity index (χ0n) is 12.8. The summed E-state index contributed by atoms with van der Waals surface area (Å²) in [5.41, 5.74) is 1.55. The molecule has 0 saturated heterocycles. The van der Waals surface area contributed by atoms with Gasteiger partial charge in [0.1, 0.15) is 5.69 Å². The van der Waals surface area contributed by atoms with Gasteiger partial charge in [0.05, 0.1) is 17.6 Å². The van der Waals surface area contributed by atoms with Gasteiger partial charge in [-0.3, -0.25) is 10.1 Å². The molecule has 1 N–H and O–H groups in total. The SMILES string of the molecule is CCNc1ccc(COC2CCC(C)CC2)cc1[N+](=O)[O-]. The van der Waals surface area contributed by atoms with Crippen LogP contribution in [0.3, 0.4) is 0 Å². The predicted octanol–water partition coefficient (Wildman–Crippen LogP) is 4.12. The molecule has 0 spiro atoms. The van der Waals surface area contributed by atoms with Gasteiger partial charge < -0.3 is 10.1 Å². The van der Waals surface area contributed by atoms with Crippen LogP contribution in [0.25, 0.3) is 0 Å². The van der Waals surface area contributed by atoms with Crippen LogP contribution < -0.4 is 5.32 Å². The topological polar surface area (TPSA) is 64.4 Å². The van der Waals surface area contributed by atoms with Gasteiger partial charge in [-0.25, -0.2) is 0 Å². The molecule has 5 nitrogen and oxygen atoms in total. The highest BCUT2D eigenvalue weighted by Gasteiger charge is 2.19. The predicted molar refractivity (Wildman–Crippen MR) is 83.5 cm³/mol. The standard InChI is InChI=1S/C16H24N2O3/c1-3-17-15-9-6-13(10-16(15)18(19)20)11-21-14-7-4-12(2)5-8-14/h6,9-10,12,14,17H,3-5,7-8,11H2,1-2H3. The second kappa shape index (κ2) is 7.41. The first-order valence-electron chi connectivity index (χ1n) is 7.73. The third kappa shape index (κ3) is 4.43. The van der Waals surface area contributed by atoms with E-state index in [4.69, 9.17) is 4.74 Å². The Morgan fingerprint density at radius 2 is 2.05 bits per heavy atom. The zero-order valence-corrected chi connectivity index (χ0v) is 12.8. The lowest BCUT2D eigenvalue weighted by molar-refractivity contribution is -0.384. The molecule has 1 aromatic carbocycles. The van der Waals surface area contributed by atoms with Gasteiger partial charge >= 0.3 is 0 Å². The quantitative estimate of drug-likeness (QED) is 0.632. The summed E-state index contributed by atoms with van der Waals surface area (Å²) in [6.07, 6.45) is 4.92. The fourth-order valence-electron chi connectivity index (χ4n) is 2.77. The Bertz CT molecular complexity index is 482. The summed E-state index contributed by atoms with van der Waals surface area (Å²) >= 11 is 0. The number of nitrogens with one attached hydrogen (secondary N) is 1. The number of nitrogens with zero attached hydrogens (tertiary/aromatic N) is 1. The van der Waals surface area contributed by atoms with Gasteiger partial charge in [-0.15, -0.1) is 0 Å². The zero-order chi connectivity index (χ0) is 15.2. The molecule has 1 fully saturated rings. The monoisotopic (exact) mass is 292 g/mol. The normalized spacial score (nSPS) is 22.0. The number of nitro benzene ring substituents is 1. The number of hydrogen-bond acceptors (Lipinski definition) is 4. The van der Waals surface area contributed by atoms with E-state index in [-0.39, 0.29) is 10.6 Å². The molecule has 0 aromatic heterocycles. The van der Waals surface area contributed by atoms with E-state index in [2.05, 4.69) is 12.2 Å². The molecule has 21 heavy (non-hydrogen) atoms. The number of anilines is 1. The summed E-state index contributed by atoms with van der Waals surface area (Å²) in [5, 5.41) is 14.1. The molecule has 0 bridgehead atoms. The van der Waals surface area contributed by atoms with Gasteiger partial charge in [0, 0.05) is 12.6 Å². The summed E-state index contributed by atoms with van der Waals surface area (Å²) in [5.74, 6) is 0.797. The van der Waals surface area contributed by atoms with Crippen LogP contribution in [0.5, 0.6) is 0 Å². The average Bonchev–Trinajstić information content (AvgIpc) is 2.48. The van der Waals surface area contributed by atoms with Crippen LogP contribution >= 0.6 is 0 Å². The van der Waals surface area contributed by atoms with Crippen LogP contribution in [0.4, 0.5) is 11.4 Å². The molecule has 1 aromatic rings. The van der Waals surface area contributed by atoms with Gasteiger partial charge in [-0.2, -0.15) is 0 Å². The van der Waals surface area contributed by atoms with E-state index < -0.39 is 0 Å². The van der Waals surface area contributed by atoms with Crippen molar-refractivity contribution in [1.82, 2.24) is 0 Å². The maximum absolute atomic E-state index is 11.1. The third-order valence-corrected chi connectivity index (χ3v) is 4.07. The maximum atomic E-state index is 11.1. The Morgan fingerprint density at radius 1 is 1.33 bits per heavy atom. The largest absolute Gasteiger partial charge is 0.380 e. The fourth-order valence-corrected chi connectivity index (χ4v) is 2.77. The fraction of sp³-hybridized carbons (Fsp3) is 0.625. The molecule has 1 aliphatic carbocycles. The van der Waals surface area contributed by atoms with E-state index in [1.54, 1.807) is 12.1 Å². The van der Waals surface area contributed by atoms with Gasteiger partial charge in [-0.1, -0.05) is 13.0 Å². The van der Waals surface area contributed by atoms with Crippen LogP contribution in [0.1, 0.15) is 45.1 Å². The molecule has 0 radical (unpaired) electrons. The lowest BCUT2D eigenvalue weighted by Crippen LogP contribution is -2.20. The maximum Gasteiger partial charge on any atom is 0.292 e. The van der Waals surface area contributed by atoms with Crippen LogP contribution in [-0.2, 0) is 11.3 Å². The molecule has 1 saturated carbocycles. The van der Waals surface area contributed by atoms with Crippen LogP contribution in [-0.4, -0.2) is 17.6 Å². The molecule has 1 aliphatic rings. The molecular weight excluding hydrogens is 268 g/mol. The highest BCUT2D eigenvalue weighted by atomic mass is 16.6. The van der Waals surface area contributed by atoms with Crippen molar-refractivity contribution in [3.63, 3.8) is 0 Å². The molecule has 0 unspecified atom stereocenters. The second-order valence-electron chi connectivity index (χ2n) is 5.83. The highest BCUT2D eigenvalue weighted by molar-refractivity contribution is 5.62. The van der Waals surface area contributed by atoms with Crippen molar-refractivity contribution >= 4 is 11.4 Å². The average molecular weight is 292 g/mol. The molecule has 0 amide bonds. The smallest absolute Gasteiger partial charge is 0.292 e. The van der Waals surface area contributed by atoms with Gasteiger partial charge in [-0.05, 0) is 50.2 Å². The first-order chi connectivity index (χ1) is 10.1. The van der Waals surface area contributed by atoms with Crippen molar-refractivity contribution in [2.24, 2.45) is 5.92 Å². The number of rotatable bonds is 6. The Labute approximate surface area is 125 Å². The van der Waals surface area contributed by atoms with Crippen molar-refractivity contribution in [2.45, 2.75) is 52.2 Å². The lowest BCUT2D eigenvalue weighted by Gasteiger charge is -2.26. The first kappa shape index (κ1) is 15.8. The van der Waals surface area contributed by atoms with E-state index >= 15 is 0 Å². The number of benzene rings is 1. The summed E-state index contributed by atoms with van der Waals surface area (Å²) in [6.45, 7) is 5.31. The molecule has 0 aliphatic heterocycles. The van der Waals surface area contributed by atoms with E-state index in [9.17, 15) is 10.1 Å². The van der Waals surface area contributed by atoms with Crippen LogP contribution in [0.2, 0.25) is 0 Å². The van der Waals surface area contributed by atoms with E-state index in [0.717, 1.165) is 24.3 Å². The molecule has 2 rings (SSSR count). The van der Waals surface area contributed by atoms with E-state index in [0.29, 0.717) is 24.9 Å². The Kier molecular flexibility index (Phi) is 5.56. The summed E-state index contributed by atoms with van der Waals surface area (Å²) in [6, 6.07) is 5.28. The first-order valence-corrected chi connectivity index (χ1v) is 7.73. The van der Waals surface area contributed by atoms with Gasteiger partial charge in [0.15, 0.2) is 0 Å². The highest BCUT2D eigenvalue weighted by Crippen LogP contribution is 2.28. The number of ether oxygens (including phenoxy) is 1. The molecule has 5 heteroatoms. The van der Waals surface area contributed by atoms with Crippen molar-refractivity contribution in [3.8, 4) is 0 Å². The molecule has 0 atom stereocenters. The van der Waals surface area contributed by atoms with E-state index in [1.807, 2.05) is 13.0 Å². The van der Waals surface area contributed by atoms with Crippen LogP contribution in [0.15, 0.2) is 18.2 Å². The Morgan fingerprint density at radius 3 is 2.67 bits per heavy atom. The van der Waals surface area contributed by atoms with Crippen molar-refractivity contribution in [1.29, 1.82) is 0 Å². The number of nitro groups is 1. The van der Waals surface area contributed by atoms with Gasteiger partial charge in [0.25, 0.3) is 5.69 Å². The Hall–Kier alpha value is -1.62. The summed E-state index contributed by atoms with van der Waals surface area (Å²) in [4.78, 5) is 10.8. The number of hydrogen-bond donors (Lipinski definition) is 1. The summed E-state index contributed by atoms with van der Waals surface area (Å²) in [7, 11) is 0. The molecular formula is C16H24N2O3. The Balaban J connectivity index is 1.97. The second-order valence-corrected chi connectivity index (χ2v) is 5.83. The van der Waals surface area contributed by atoms with Gasteiger partial charge in [0.2, 0.25) is 0 Å². The van der Waals surface area contributed by atoms with E-state index in [1.165, 1.54) is 12.8 Å². The van der Waals surface area contributed by atoms with Crippen LogP contribution in [0, 0.1) is 16.0 Å².